The summed E-state index contributed by atoms with van der Waals surface area (Å²) in [6, 6.07) is 123. The molecule has 0 bridgehead atoms. The number of benzene rings is 17. The van der Waals surface area contributed by atoms with E-state index < -0.39 is 0 Å². The van der Waals surface area contributed by atoms with Crippen LogP contribution < -0.4 is 0 Å². The van der Waals surface area contributed by atoms with Crippen molar-refractivity contribution >= 4 is 109 Å². The SMILES string of the molecule is c1ccc2cc(-c3nc(-c4ccc(-c5cccc6ccccc56)cc4)nc(-c4ccc(-c5cccc6oc7cc8ccccc8cc7c56)cc4)n3)ccc2c1.c1ccc2cc(-c3nc(-c4ccc(-c5cccc6oc7cc8ccccc8cc7c56)cc4)nc(-c4ccc5ccccc5c4)n3)ccc2c1. The van der Waals surface area contributed by atoms with Crippen LogP contribution in [-0.4, -0.2) is 29.9 Å². The largest absolute Gasteiger partial charge is 0.456 e. The lowest BCUT2D eigenvalue weighted by Crippen LogP contribution is -2.00. The van der Waals surface area contributed by atoms with E-state index in [1.807, 2.05) is 12.1 Å². The number of aromatic nitrogens is 6. The van der Waals surface area contributed by atoms with Crippen LogP contribution in [0.5, 0.6) is 0 Å². The Morgan fingerprint density at radius 1 is 0.154 bits per heavy atom. The van der Waals surface area contributed by atoms with E-state index in [-0.39, 0.29) is 0 Å². The summed E-state index contributed by atoms with van der Waals surface area (Å²) in [5.41, 5.74) is 15.9. The summed E-state index contributed by atoms with van der Waals surface area (Å²) < 4.78 is 12.7. The molecule has 0 amide bonds. The lowest BCUT2D eigenvalue weighted by molar-refractivity contribution is 0.669. The Morgan fingerprint density at radius 3 is 0.788 bits per heavy atom. The maximum atomic E-state index is 6.38. The van der Waals surface area contributed by atoms with Crippen LogP contribution in [0.15, 0.2) is 361 Å². The van der Waals surface area contributed by atoms with Crippen LogP contribution >= 0.6 is 0 Å². The Morgan fingerprint density at radius 2 is 0.413 bits per heavy atom. The number of nitrogens with zero attached hydrogens (tertiary/aromatic N) is 6. The van der Waals surface area contributed by atoms with E-state index in [2.05, 4.69) is 340 Å². The fourth-order valence-corrected chi connectivity index (χ4v) is 14.9. The summed E-state index contributed by atoms with van der Waals surface area (Å²) in [4.78, 5) is 30.4. The third-order valence-corrected chi connectivity index (χ3v) is 20.2. The highest BCUT2D eigenvalue weighted by molar-refractivity contribution is 6.17. The van der Waals surface area contributed by atoms with Gasteiger partial charge in [-0.2, -0.15) is 0 Å². The number of fused-ring (bicyclic) bond motifs is 12. The molecule has 0 fully saturated rings. The van der Waals surface area contributed by atoms with Gasteiger partial charge in [0.15, 0.2) is 34.9 Å². The minimum atomic E-state index is 0.622. The van der Waals surface area contributed by atoms with Crippen LogP contribution in [0, 0.1) is 0 Å². The molecule has 8 nitrogen and oxygen atoms in total. The fraction of sp³-hybridized carbons (Fsp3) is 0. The molecule has 104 heavy (non-hydrogen) atoms. The van der Waals surface area contributed by atoms with Crippen molar-refractivity contribution in [2.45, 2.75) is 0 Å². The average molecular weight is 1330 g/mol. The summed E-state index contributed by atoms with van der Waals surface area (Å²) in [7, 11) is 0. The molecule has 4 aromatic heterocycles. The van der Waals surface area contributed by atoms with Gasteiger partial charge in [-0.1, -0.05) is 297 Å². The first-order chi connectivity index (χ1) is 51.4. The van der Waals surface area contributed by atoms with E-state index in [0.29, 0.717) is 34.9 Å². The normalized spacial score (nSPS) is 11.7. The van der Waals surface area contributed by atoms with Crippen molar-refractivity contribution in [1.82, 2.24) is 29.9 Å². The average Bonchev–Trinajstić information content (AvgIpc) is 1.59. The van der Waals surface area contributed by atoms with Crippen LogP contribution in [0.25, 0.3) is 210 Å². The van der Waals surface area contributed by atoms with Gasteiger partial charge in [0.2, 0.25) is 0 Å². The number of furan rings is 2. The first-order valence-electron chi connectivity index (χ1n) is 34.9. The second-order valence-corrected chi connectivity index (χ2v) is 26.5. The highest BCUT2D eigenvalue weighted by Crippen LogP contribution is 2.42. The van der Waals surface area contributed by atoms with Crippen LogP contribution in [0.2, 0.25) is 0 Å². The van der Waals surface area contributed by atoms with E-state index in [9.17, 15) is 0 Å². The van der Waals surface area contributed by atoms with Crippen LogP contribution in [-0.2, 0) is 0 Å². The van der Waals surface area contributed by atoms with E-state index in [0.717, 1.165) is 121 Å². The molecule has 0 aliphatic heterocycles. The first-order valence-corrected chi connectivity index (χ1v) is 34.9. The maximum absolute atomic E-state index is 6.38. The second-order valence-electron chi connectivity index (χ2n) is 26.5. The van der Waals surface area contributed by atoms with Crippen molar-refractivity contribution in [3.05, 3.63) is 352 Å². The molecular formula is C96H58N6O2. The summed E-state index contributed by atoms with van der Waals surface area (Å²) in [6.45, 7) is 0. The quantitative estimate of drug-likeness (QED) is 0.141. The smallest absolute Gasteiger partial charge is 0.164 e. The van der Waals surface area contributed by atoms with Gasteiger partial charge >= 0.3 is 0 Å². The van der Waals surface area contributed by atoms with Gasteiger partial charge < -0.3 is 8.83 Å². The van der Waals surface area contributed by atoms with Gasteiger partial charge in [0.05, 0.1) is 0 Å². The Bertz CT molecular complexity index is 6880. The molecule has 0 saturated carbocycles. The minimum absolute atomic E-state index is 0.622. The molecule has 0 aliphatic rings. The van der Waals surface area contributed by atoms with E-state index in [1.165, 1.54) is 54.0 Å². The molecule has 0 radical (unpaired) electrons. The van der Waals surface area contributed by atoms with Gasteiger partial charge in [0, 0.05) is 54.9 Å². The summed E-state index contributed by atoms with van der Waals surface area (Å²) in [5.74, 6) is 3.80. The molecule has 484 valence electrons. The van der Waals surface area contributed by atoms with Gasteiger partial charge in [0.1, 0.15) is 22.3 Å². The molecule has 0 N–H and O–H groups in total. The standard InChI is InChI=1S/C51H31N3O.C45H27N3O/c1-2-11-38-29-41(28-19-32(38)9-1)51-53-49(36-24-20-34(21-25-36)43-16-7-14-33-10-5-6-15-42(33)43)52-50(54-51)37-26-22-35(23-27-37)44-17-8-18-46-48(44)45-30-39-12-3-4-13-40(39)31-47(45)55-46;1-3-10-32-24-36(22-16-28(32)8-1)44-46-43(47-45(48-44)37-23-17-29-9-2-4-11-33(29)25-37)31-20-18-30(19-21-31)38-14-7-15-40-42(38)39-26-34-12-5-6-13-35(34)27-41(39)49-40/h1-31H;1-27H. The molecule has 21 aromatic rings. The monoisotopic (exact) mass is 1330 g/mol. The van der Waals surface area contributed by atoms with E-state index >= 15 is 0 Å². The lowest BCUT2D eigenvalue weighted by Gasteiger charge is -2.11. The highest BCUT2D eigenvalue weighted by Gasteiger charge is 2.20. The van der Waals surface area contributed by atoms with Crippen molar-refractivity contribution in [2.24, 2.45) is 0 Å². The third-order valence-electron chi connectivity index (χ3n) is 20.2. The molecular weight excluding hydrogens is 1270 g/mol. The molecule has 0 atom stereocenters. The number of hydrogen-bond acceptors (Lipinski definition) is 8. The van der Waals surface area contributed by atoms with Crippen LogP contribution in [0.4, 0.5) is 0 Å². The fourth-order valence-electron chi connectivity index (χ4n) is 14.9. The van der Waals surface area contributed by atoms with E-state index in [4.69, 9.17) is 38.7 Å². The predicted octanol–water partition coefficient (Wildman–Crippen LogP) is 25.5. The zero-order chi connectivity index (χ0) is 68.6. The Labute approximate surface area is 597 Å². The Balaban J connectivity index is 0.000000139. The number of rotatable bonds is 9. The van der Waals surface area contributed by atoms with Crippen LogP contribution in [0.1, 0.15) is 0 Å². The molecule has 0 saturated heterocycles. The molecule has 8 heteroatoms. The molecule has 0 unspecified atom stereocenters. The second kappa shape index (κ2) is 25.0. The van der Waals surface area contributed by atoms with Crippen molar-refractivity contribution < 1.29 is 8.83 Å². The van der Waals surface area contributed by atoms with Gasteiger partial charge in [-0.3, -0.25) is 0 Å². The molecule has 17 aromatic carbocycles. The molecule has 0 aliphatic carbocycles. The first kappa shape index (κ1) is 59.9. The molecule has 4 heterocycles. The van der Waals surface area contributed by atoms with Gasteiger partial charge in [0.25, 0.3) is 0 Å². The van der Waals surface area contributed by atoms with Crippen molar-refractivity contribution in [2.75, 3.05) is 0 Å². The van der Waals surface area contributed by atoms with Crippen LogP contribution in [0.3, 0.4) is 0 Å². The Hall–Kier alpha value is -14.1. The van der Waals surface area contributed by atoms with Crippen molar-refractivity contribution in [3.8, 4) is 102 Å². The van der Waals surface area contributed by atoms with Crippen molar-refractivity contribution in [1.29, 1.82) is 0 Å². The van der Waals surface area contributed by atoms with Gasteiger partial charge in [-0.05, 0) is 153 Å². The maximum Gasteiger partial charge on any atom is 0.164 e. The van der Waals surface area contributed by atoms with Gasteiger partial charge in [-0.25, -0.2) is 29.9 Å². The summed E-state index contributed by atoms with van der Waals surface area (Å²) in [5, 5.41) is 18.6. The number of hydrogen-bond donors (Lipinski definition) is 0. The van der Waals surface area contributed by atoms with Gasteiger partial charge in [-0.15, -0.1) is 0 Å². The molecule has 21 rings (SSSR count). The zero-order valence-corrected chi connectivity index (χ0v) is 56.0. The predicted molar refractivity (Wildman–Crippen MR) is 428 cm³/mol. The lowest BCUT2D eigenvalue weighted by atomic mass is 9.97. The Kier molecular flexibility index (Phi) is 14.4. The topological polar surface area (TPSA) is 104 Å². The summed E-state index contributed by atoms with van der Waals surface area (Å²) in [6.07, 6.45) is 0. The van der Waals surface area contributed by atoms with Crippen molar-refractivity contribution in [3.63, 3.8) is 0 Å². The molecule has 0 spiro atoms. The highest BCUT2D eigenvalue weighted by atomic mass is 16.3. The minimum Gasteiger partial charge on any atom is -0.456 e. The zero-order valence-electron chi connectivity index (χ0n) is 56.0. The summed E-state index contributed by atoms with van der Waals surface area (Å²) >= 11 is 0. The third kappa shape index (κ3) is 10.9. The van der Waals surface area contributed by atoms with E-state index in [1.54, 1.807) is 0 Å².